The maximum atomic E-state index is 5.62. The second-order valence-corrected chi connectivity index (χ2v) is 8.06. The fourth-order valence-electron chi connectivity index (χ4n) is 4.06. The van der Waals surface area contributed by atoms with E-state index in [0.717, 1.165) is 50.8 Å². The van der Waals surface area contributed by atoms with Crippen molar-refractivity contribution >= 4 is 5.96 Å². The Morgan fingerprint density at radius 1 is 1.10 bits per heavy atom. The van der Waals surface area contributed by atoms with Crippen LogP contribution in [-0.4, -0.2) is 78.1 Å². The van der Waals surface area contributed by atoms with Crippen LogP contribution in [0.1, 0.15) is 44.2 Å². The Balaban J connectivity index is 1.74. The van der Waals surface area contributed by atoms with Crippen molar-refractivity contribution in [3.05, 3.63) is 29.8 Å². The summed E-state index contributed by atoms with van der Waals surface area (Å²) in [5.41, 5.74) is 1.34. The molecule has 2 unspecified atom stereocenters. The molecule has 0 amide bonds. The Morgan fingerprint density at radius 2 is 1.84 bits per heavy atom. The van der Waals surface area contributed by atoms with Gasteiger partial charge in [-0.05, 0) is 56.5 Å². The van der Waals surface area contributed by atoms with Crippen LogP contribution in [0, 0.1) is 5.92 Å². The summed E-state index contributed by atoms with van der Waals surface area (Å²) in [7, 11) is 5.74. The number of nitrogens with zero attached hydrogens (tertiary/aromatic N) is 2. The lowest BCUT2D eigenvalue weighted by Gasteiger charge is -2.40. The zero-order valence-corrected chi connectivity index (χ0v) is 19.9. The minimum Gasteiger partial charge on any atom is -0.497 e. The Bertz CT molecular complexity index is 624. The summed E-state index contributed by atoms with van der Waals surface area (Å²) in [5.74, 6) is 2.24. The predicted molar refractivity (Wildman–Crippen MR) is 127 cm³/mol. The third-order valence-electron chi connectivity index (χ3n) is 5.77. The van der Waals surface area contributed by atoms with Crippen LogP contribution in [0.25, 0.3) is 0 Å². The number of unbranched alkanes of at least 4 members (excludes halogenated alkanes) is 1. The van der Waals surface area contributed by atoms with Crippen LogP contribution < -0.4 is 15.4 Å². The van der Waals surface area contributed by atoms with Gasteiger partial charge in [-0.1, -0.05) is 25.5 Å². The maximum Gasteiger partial charge on any atom is 0.191 e. The number of methoxy groups -OCH3 is 1. The van der Waals surface area contributed by atoms with Gasteiger partial charge in [0.1, 0.15) is 5.75 Å². The number of aliphatic imine (C=N–C) groups is 1. The molecule has 1 aliphatic rings. The number of piperidine rings is 1. The fraction of sp³-hybridized carbons (Fsp3) is 0.708. The van der Waals surface area contributed by atoms with Gasteiger partial charge in [-0.25, -0.2) is 0 Å². The van der Waals surface area contributed by atoms with E-state index in [9.17, 15) is 0 Å². The van der Waals surface area contributed by atoms with Gasteiger partial charge in [-0.2, -0.15) is 0 Å². The zero-order valence-electron chi connectivity index (χ0n) is 19.9. The molecule has 2 N–H and O–H groups in total. The quantitative estimate of drug-likeness (QED) is 0.283. The molecule has 0 saturated carbocycles. The molecule has 0 aromatic heterocycles. The molecule has 31 heavy (non-hydrogen) atoms. The van der Waals surface area contributed by atoms with Crippen molar-refractivity contribution in [2.45, 2.75) is 38.6 Å². The Morgan fingerprint density at radius 3 is 2.52 bits per heavy atom. The van der Waals surface area contributed by atoms with E-state index in [1.807, 2.05) is 7.05 Å². The zero-order chi connectivity index (χ0) is 22.3. The second-order valence-electron chi connectivity index (χ2n) is 8.06. The van der Waals surface area contributed by atoms with Crippen molar-refractivity contribution in [3.63, 3.8) is 0 Å². The number of likely N-dealkylation sites (tertiary alicyclic amines) is 1. The molecule has 0 bridgehead atoms. The van der Waals surface area contributed by atoms with Gasteiger partial charge in [-0.3, -0.25) is 9.89 Å². The van der Waals surface area contributed by atoms with Crippen LogP contribution in [0.5, 0.6) is 5.75 Å². The van der Waals surface area contributed by atoms with Gasteiger partial charge in [0.05, 0.1) is 26.9 Å². The van der Waals surface area contributed by atoms with Crippen molar-refractivity contribution in [1.82, 2.24) is 15.5 Å². The fourth-order valence-corrected chi connectivity index (χ4v) is 4.06. The lowest BCUT2D eigenvalue weighted by atomic mass is 9.85. The summed E-state index contributed by atoms with van der Waals surface area (Å²) in [6, 6.07) is 8.87. The number of hydrogen-bond acceptors (Lipinski definition) is 5. The molecule has 7 nitrogen and oxygen atoms in total. The van der Waals surface area contributed by atoms with E-state index in [1.54, 1.807) is 7.11 Å². The van der Waals surface area contributed by atoms with Gasteiger partial charge in [0.15, 0.2) is 5.96 Å². The number of rotatable bonds is 13. The predicted octanol–water partition coefficient (Wildman–Crippen LogP) is 3.08. The monoisotopic (exact) mass is 434 g/mol. The van der Waals surface area contributed by atoms with Gasteiger partial charge in [0.2, 0.25) is 0 Å². The van der Waals surface area contributed by atoms with Gasteiger partial charge < -0.3 is 24.8 Å². The number of ether oxygens (including phenoxy) is 3. The standard InChI is InChI=1S/C24H42N4O3/c1-5-6-15-30-17-18-31-16-13-26-24(25-2)27-19-21-8-7-14-28(3)23(21)20-9-11-22(29-4)12-10-20/h9-12,21,23H,5-8,13-19H2,1-4H3,(H2,25,26,27). The number of guanidine groups is 1. The molecule has 1 aromatic carbocycles. The van der Waals surface area contributed by atoms with E-state index in [2.05, 4.69) is 58.8 Å². The van der Waals surface area contributed by atoms with Gasteiger partial charge in [0, 0.05) is 32.8 Å². The number of hydrogen-bond donors (Lipinski definition) is 2. The normalized spacial score (nSPS) is 19.9. The van der Waals surface area contributed by atoms with Crippen molar-refractivity contribution < 1.29 is 14.2 Å². The molecule has 1 saturated heterocycles. The first-order chi connectivity index (χ1) is 15.2. The van der Waals surface area contributed by atoms with Crippen molar-refractivity contribution in [3.8, 4) is 5.75 Å². The average molecular weight is 435 g/mol. The first kappa shape index (κ1) is 25.4. The minimum absolute atomic E-state index is 0.390. The summed E-state index contributed by atoms with van der Waals surface area (Å²) in [6.07, 6.45) is 4.69. The highest BCUT2D eigenvalue weighted by Gasteiger charge is 2.30. The highest BCUT2D eigenvalue weighted by molar-refractivity contribution is 5.79. The lowest BCUT2D eigenvalue weighted by molar-refractivity contribution is 0.0487. The summed E-state index contributed by atoms with van der Waals surface area (Å²) in [5, 5.41) is 6.86. The molecule has 2 atom stereocenters. The smallest absolute Gasteiger partial charge is 0.191 e. The van der Waals surface area contributed by atoms with Crippen LogP contribution in [0.4, 0.5) is 0 Å². The van der Waals surface area contributed by atoms with E-state index < -0.39 is 0 Å². The van der Waals surface area contributed by atoms with E-state index in [0.29, 0.717) is 31.8 Å². The van der Waals surface area contributed by atoms with Gasteiger partial charge >= 0.3 is 0 Å². The first-order valence-electron chi connectivity index (χ1n) is 11.6. The molecule has 1 aliphatic heterocycles. The molecule has 0 aliphatic carbocycles. The van der Waals surface area contributed by atoms with E-state index in [4.69, 9.17) is 14.2 Å². The highest BCUT2D eigenvalue weighted by Crippen LogP contribution is 2.35. The Kier molecular flexibility index (Phi) is 12.3. The summed E-state index contributed by atoms with van der Waals surface area (Å²) < 4.78 is 16.4. The molecule has 7 heteroatoms. The molecular formula is C24H42N4O3. The van der Waals surface area contributed by atoms with Crippen molar-refractivity contribution in [1.29, 1.82) is 0 Å². The molecule has 0 radical (unpaired) electrons. The molecule has 0 spiro atoms. The largest absolute Gasteiger partial charge is 0.497 e. The average Bonchev–Trinajstić information content (AvgIpc) is 2.80. The summed E-state index contributed by atoms with van der Waals surface area (Å²) >= 11 is 0. The highest BCUT2D eigenvalue weighted by atomic mass is 16.5. The Labute approximate surface area is 188 Å². The first-order valence-corrected chi connectivity index (χ1v) is 11.6. The van der Waals surface area contributed by atoms with Crippen molar-refractivity contribution in [2.75, 3.05) is 67.3 Å². The SMILES string of the molecule is CCCCOCCOCCNC(=NC)NCC1CCCN(C)C1c1ccc(OC)cc1. The lowest BCUT2D eigenvalue weighted by Crippen LogP contribution is -2.45. The van der Waals surface area contributed by atoms with E-state index >= 15 is 0 Å². The van der Waals surface area contributed by atoms with E-state index in [1.165, 1.54) is 18.4 Å². The van der Waals surface area contributed by atoms with Gasteiger partial charge in [0.25, 0.3) is 0 Å². The van der Waals surface area contributed by atoms with Crippen LogP contribution >= 0.6 is 0 Å². The molecule has 1 heterocycles. The molecular weight excluding hydrogens is 392 g/mol. The maximum absolute atomic E-state index is 5.62. The van der Waals surface area contributed by atoms with Crippen LogP contribution in [0.2, 0.25) is 0 Å². The van der Waals surface area contributed by atoms with Crippen molar-refractivity contribution in [2.24, 2.45) is 10.9 Å². The molecule has 1 fully saturated rings. The van der Waals surface area contributed by atoms with E-state index in [-0.39, 0.29) is 0 Å². The molecule has 1 aromatic rings. The van der Waals surface area contributed by atoms with Crippen LogP contribution in [0.15, 0.2) is 29.3 Å². The molecule has 176 valence electrons. The molecule has 2 rings (SSSR count). The number of benzene rings is 1. The summed E-state index contributed by atoms with van der Waals surface area (Å²) in [4.78, 5) is 6.83. The third kappa shape index (κ3) is 9.05. The third-order valence-corrected chi connectivity index (χ3v) is 5.77. The second kappa shape index (κ2) is 15.1. The summed E-state index contributed by atoms with van der Waals surface area (Å²) in [6.45, 7) is 7.65. The minimum atomic E-state index is 0.390. The van der Waals surface area contributed by atoms with Gasteiger partial charge in [-0.15, -0.1) is 0 Å². The Hall–Kier alpha value is -1.83. The number of nitrogens with one attached hydrogen (secondary N) is 2. The van der Waals surface area contributed by atoms with Crippen LogP contribution in [0.3, 0.4) is 0 Å². The topological polar surface area (TPSA) is 67.4 Å². The van der Waals surface area contributed by atoms with Crippen LogP contribution in [-0.2, 0) is 9.47 Å².